The van der Waals surface area contributed by atoms with Gasteiger partial charge in [-0.2, -0.15) is 0 Å². The van der Waals surface area contributed by atoms with Crippen molar-refractivity contribution in [3.8, 4) is 0 Å². The Balaban J connectivity index is 1.75. The lowest BCUT2D eigenvalue weighted by Crippen LogP contribution is -2.38. The van der Waals surface area contributed by atoms with Gasteiger partial charge in [0.25, 0.3) is 0 Å². The molecule has 0 saturated carbocycles. The van der Waals surface area contributed by atoms with E-state index in [0.29, 0.717) is 19.5 Å². The fourth-order valence-corrected chi connectivity index (χ4v) is 2.66. The van der Waals surface area contributed by atoms with Crippen LogP contribution >= 0.6 is 0 Å². The van der Waals surface area contributed by atoms with Crippen molar-refractivity contribution in [1.29, 1.82) is 0 Å². The van der Waals surface area contributed by atoms with Gasteiger partial charge in [0.1, 0.15) is 17.2 Å². The molecule has 2 aromatic heterocycles. The van der Waals surface area contributed by atoms with E-state index < -0.39 is 5.60 Å². The number of hydrogen-bond donors (Lipinski definition) is 1. The minimum Gasteiger partial charge on any atom is -0.386 e. The fourth-order valence-electron chi connectivity index (χ4n) is 2.66. The van der Waals surface area contributed by atoms with E-state index in [4.69, 9.17) is 0 Å². The van der Waals surface area contributed by atoms with Crippen LogP contribution in [-0.2, 0) is 6.54 Å². The molecule has 1 atom stereocenters. The number of aryl methyl sites for hydroxylation is 2. The monoisotopic (exact) mass is 274 g/mol. The predicted octanol–water partition coefficient (Wildman–Crippen LogP) is 0.326. The van der Waals surface area contributed by atoms with Crippen LogP contribution in [0.3, 0.4) is 0 Å². The molecule has 7 heteroatoms. The Hall–Kier alpha value is -2.02. The van der Waals surface area contributed by atoms with E-state index in [1.54, 1.807) is 17.1 Å². The maximum Gasteiger partial charge on any atom is 0.132 e. The van der Waals surface area contributed by atoms with Gasteiger partial charge < -0.3 is 10.0 Å². The van der Waals surface area contributed by atoms with Crippen molar-refractivity contribution in [3.05, 3.63) is 30.0 Å². The highest BCUT2D eigenvalue weighted by atomic mass is 16.3. The highest BCUT2D eigenvalue weighted by Gasteiger charge is 2.37. The largest absolute Gasteiger partial charge is 0.386 e. The molecule has 0 amide bonds. The number of aromatic nitrogens is 5. The molecule has 106 valence electrons. The summed E-state index contributed by atoms with van der Waals surface area (Å²) < 4.78 is 1.67. The van der Waals surface area contributed by atoms with Crippen LogP contribution in [0.15, 0.2) is 18.5 Å². The van der Waals surface area contributed by atoms with Crippen LogP contribution in [0.25, 0.3) is 0 Å². The molecule has 1 N–H and O–H groups in total. The first-order valence-corrected chi connectivity index (χ1v) is 6.68. The second-order valence-electron chi connectivity index (χ2n) is 5.41. The quantitative estimate of drug-likeness (QED) is 0.868. The highest BCUT2D eigenvalue weighted by molar-refractivity contribution is 5.41. The summed E-state index contributed by atoms with van der Waals surface area (Å²) in [4.78, 5) is 10.8. The van der Waals surface area contributed by atoms with Crippen molar-refractivity contribution in [1.82, 2.24) is 25.0 Å². The van der Waals surface area contributed by atoms with E-state index in [-0.39, 0.29) is 0 Å². The predicted molar refractivity (Wildman–Crippen MR) is 73.3 cm³/mol. The summed E-state index contributed by atoms with van der Waals surface area (Å²) in [6.07, 6.45) is 4.07. The summed E-state index contributed by atoms with van der Waals surface area (Å²) in [6, 6.07) is 1.95. The molecule has 1 unspecified atom stereocenters. The number of β-amino-alcohol motifs (C(OH)–C–C–N with tert-alkyl or cyclic N) is 1. The van der Waals surface area contributed by atoms with Gasteiger partial charge in [-0.1, -0.05) is 5.21 Å². The highest BCUT2D eigenvalue weighted by Crippen LogP contribution is 2.27. The van der Waals surface area contributed by atoms with Gasteiger partial charge in [-0.05, 0) is 20.3 Å². The summed E-state index contributed by atoms with van der Waals surface area (Å²) in [6.45, 7) is 5.61. The van der Waals surface area contributed by atoms with Gasteiger partial charge in [0.05, 0.1) is 12.7 Å². The molecule has 0 aliphatic carbocycles. The third-order valence-electron chi connectivity index (χ3n) is 3.54. The van der Waals surface area contributed by atoms with Crippen molar-refractivity contribution in [3.63, 3.8) is 0 Å². The molecule has 0 spiro atoms. The number of anilines is 1. The zero-order valence-corrected chi connectivity index (χ0v) is 11.7. The molecule has 1 aliphatic rings. The van der Waals surface area contributed by atoms with Crippen LogP contribution in [0.1, 0.15) is 17.9 Å². The molecule has 20 heavy (non-hydrogen) atoms. The molecule has 1 aliphatic heterocycles. The average Bonchev–Trinajstić information content (AvgIpc) is 2.98. The van der Waals surface area contributed by atoms with E-state index in [2.05, 4.69) is 25.2 Å². The lowest BCUT2D eigenvalue weighted by atomic mass is 10.0. The van der Waals surface area contributed by atoms with Gasteiger partial charge in [-0.3, -0.25) is 0 Å². The Morgan fingerprint density at radius 2 is 2.20 bits per heavy atom. The van der Waals surface area contributed by atoms with E-state index in [1.807, 2.05) is 19.9 Å². The maximum absolute atomic E-state index is 10.7. The number of hydrogen-bond acceptors (Lipinski definition) is 6. The SMILES string of the molecule is Cc1cc(N2CCC(O)(Cn3ccnn3)C2)nc(C)n1. The van der Waals surface area contributed by atoms with Crippen molar-refractivity contribution < 1.29 is 5.11 Å². The maximum atomic E-state index is 10.7. The topological polar surface area (TPSA) is 80.0 Å². The fraction of sp³-hybridized carbons (Fsp3) is 0.538. The van der Waals surface area contributed by atoms with Crippen molar-refractivity contribution in [2.24, 2.45) is 0 Å². The molecule has 0 bridgehead atoms. The number of aliphatic hydroxyl groups is 1. The van der Waals surface area contributed by atoms with Crippen molar-refractivity contribution in [2.45, 2.75) is 32.4 Å². The van der Waals surface area contributed by atoms with Crippen LogP contribution < -0.4 is 4.90 Å². The lowest BCUT2D eigenvalue weighted by Gasteiger charge is -2.23. The third-order valence-corrected chi connectivity index (χ3v) is 3.54. The second kappa shape index (κ2) is 4.82. The zero-order valence-electron chi connectivity index (χ0n) is 11.7. The Labute approximate surface area is 117 Å². The minimum absolute atomic E-state index is 0.451. The van der Waals surface area contributed by atoms with Crippen LogP contribution in [0.5, 0.6) is 0 Å². The van der Waals surface area contributed by atoms with E-state index in [0.717, 1.165) is 23.9 Å². The van der Waals surface area contributed by atoms with Gasteiger partial charge in [-0.15, -0.1) is 5.10 Å². The molecule has 7 nitrogen and oxygen atoms in total. The van der Waals surface area contributed by atoms with E-state index in [9.17, 15) is 5.11 Å². The summed E-state index contributed by atoms with van der Waals surface area (Å²) >= 11 is 0. The molecule has 3 heterocycles. The van der Waals surface area contributed by atoms with Gasteiger partial charge in [0.2, 0.25) is 0 Å². The molecular weight excluding hydrogens is 256 g/mol. The summed E-state index contributed by atoms with van der Waals surface area (Å²) in [5.74, 6) is 1.64. The Bertz CT molecular complexity index is 579. The molecule has 1 saturated heterocycles. The first-order valence-electron chi connectivity index (χ1n) is 6.68. The summed E-state index contributed by atoms with van der Waals surface area (Å²) in [7, 11) is 0. The first kappa shape index (κ1) is 13.0. The molecule has 0 radical (unpaired) electrons. The molecular formula is C13H18N6O. The molecule has 1 fully saturated rings. The van der Waals surface area contributed by atoms with E-state index in [1.165, 1.54) is 0 Å². The molecule has 2 aromatic rings. The number of nitrogens with zero attached hydrogens (tertiary/aromatic N) is 6. The Morgan fingerprint density at radius 3 is 2.90 bits per heavy atom. The lowest BCUT2D eigenvalue weighted by molar-refractivity contribution is 0.0408. The summed E-state index contributed by atoms with van der Waals surface area (Å²) in [5, 5.41) is 18.3. The van der Waals surface area contributed by atoms with Crippen molar-refractivity contribution in [2.75, 3.05) is 18.0 Å². The normalized spacial score (nSPS) is 22.4. The minimum atomic E-state index is -0.791. The summed E-state index contributed by atoms with van der Waals surface area (Å²) in [5.41, 5.74) is 0.153. The van der Waals surface area contributed by atoms with Crippen LogP contribution in [0, 0.1) is 13.8 Å². The van der Waals surface area contributed by atoms with Gasteiger partial charge in [-0.25, -0.2) is 14.6 Å². The van der Waals surface area contributed by atoms with Crippen LogP contribution in [0.4, 0.5) is 5.82 Å². The smallest absolute Gasteiger partial charge is 0.132 e. The Kier molecular flexibility index (Phi) is 3.13. The second-order valence-corrected chi connectivity index (χ2v) is 5.41. The number of rotatable bonds is 3. The van der Waals surface area contributed by atoms with Crippen molar-refractivity contribution >= 4 is 5.82 Å². The van der Waals surface area contributed by atoms with Crippen LogP contribution in [-0.4, -0.2) is 48.8 Å². The standard InChI is InChI=1S/C13H18N6O/c1-10-7-12(16-11(2)15-10)18-5-3-13(20,8-18)9-19-6-4-14-17-19/h4,6-7,20H,3,5,8-9H2,1-2H3. The average molecular weight is 274 g/mol. The van der Waals surface area contributed by atoms with Gasteiger partial charge in [0, 0.05) is 31.0 Å². The van der Waals surface area contributed by atoms with Gasteiger partial charge in [0.15, 0.2) is 0 Å². The zero-order chi connectivity index (χ0) is 14.2. The van der Waals surface area contributed by atoms with Crippen LogP contribution in [0.2, 0.25) is 0 Å². The van der Waals surface area contributed by atoms with Gasteiger partial charge >= 0.3 is 0 Å². The first-order chi connectivity index (χ1) is 9.54. The Morgan fingerprint density at radius 1 is 1.35 bits per heavy atom. The third kappa shape index (κ3) is 2.62. The molecule has 0 aromatic carbocycles. The molecule has 3 rings (SSSR count). The van der Waals surface area contributed by atoms with E-state index >= 15 is 0 Å².